The zero-order chi connectivity index (χ0) is 15.8. The van der Waals surface area contributed by atoms with Gasteiger partial charge in [0, 0.05) is 6.07 Å². The zero-order valence-corrected chi connectivity index (χ0v) is 11.8. The van der Waals surface area contributed by atoms with Crippen LogP contribution in [0.25, 0.3) is 0 Å². The van der Waals surface area contributed by atoms with E-state index in [4.69, 9.17) is 10.9 Å². The summed E-state index contributed by atoms with van der Waals surface area (Å²) in [5.41, 5.74) is 5.65. The maximum Gasteiger partial charge on any atom is 0.240 e. The highest BCUT2D eigenvalue weighted by Crippen LogP contribution is 2.30. The summed E-state index contributed by atoms with van der Waals surface area (Å²) in [4.78, 5) is -0.291. The second-order valence-corrected chi connectivity index (χ2v) is 6.00. The van der Waals surface area contributed by atoms with E-state index in [9.17, 15) is 17.2 Å². The van der Waals surface area contributed by atoms with Gasteiger partial charge in [-0.3, -0.25) is 0 Å². The van der Waals surface area contributed by atoms with Crippen LogP contribution in [0, 0.1) is 18.6 Å². The van der Waals surface area contributed by atoms with Crippen LogP contribution in [-0.2, 0) is 10.0 Å². The zero-order valence-electron chi connectivity index (χ0n) is 11.0. The van der Waals surface area contributed by atoms with Gasteiger partial charge in [0.15, 0.2) is 0 Å². The quantitative estimate of drug-likeness (QED) is 0.757. The van der Waals surface area contributed by atoms with Gasteiger partial charge in [-0.1, -0.05) is 6.07 Å². The van der Waals surface area contributed by atoms with Gasteiger partial charge in [-0.15, -0.1) is 0 Å². The number of halogens is 2. The Labute approximate surface area is 120 Å². The van der Waals surface area contributed by atoms with Gasteiger partial charge >= 0.3 is 0 Å². The Bertz CT molecular complexity index is 807. The Morgan fingerprint density at radius 3 is 2.38 bits per heavy atom. The number of sulfonamides is 1. The predicted molar refractivity (Wildman–Crippen MR) is 76.6 cm³/mol. The van der Waals surface area contributed by atoms with E-state index in [1.54, 1.807) is 0 Å². The number of nitrogens with one attached hydrogen (secondary N) is 1. The van der Waals surface area contributed by atoms with Crippen molar-refractivity contribution in [2.75, 3.05) is 11.1 Å². The van der Waals surface area contributed by atoms with Crippen molar-refractivity contribution in [1.82, 2.24) is 0 Å². The molecule has 0 aromatic heterocycles. The molecule has 2 aromatic rings. The SMILES string of the molecule is Cc1cc(F)c(Nc2cccc(S(N)(=O)=O)c2N)cc1F. The minimum atomic E-state index is -4.01. The number of anilines is 3. The van der Waals surface area contributed by atoms with E-state index in [1.807, 2.05) is 0 Å². The molecular weight excluding hydrogens is 300 g/mol. The summed E-state index contributed by atoms with van der Waals surface area (Å²) < 4.78 is 50.0. The van der Waals surface area contributed by atoms with Crippen LogP contribution in [0.4, 0.5) is 25.8 Å². The highest BCUT2D eigenvalue weighted by Gasteiger charge is 2.16. The summed E-state index contributed by atoms with van der Waals surface area (Å²) in [6, 6.07) is 6.04. The molecule has 0 atom stereocenters. The third kappa shape index (κ3) is 3.11. The van der Waals surface area contributed by atoms with Crippen molar-refractivity contribution in [3.63, 3.8) is 0 Å². The molecule has 0 unspecified atom stereocenters. The fourth-order valence-electron chi connectivity index (χ4n) is 1.79. The smallest absolute Gasteiger partial charge is 0.240 e. The van der Waals surface area contributed by atoms with Gasteiger partial charge in [0.2, 0.25) is 10.0 Å². The van der Waals surface area contributed by atoms with Gasteiger partial charge in [-0.2, -0.15) is 0 Å². The molecule has 0 heterocycles. The molecule has 2 aromatic carbocycles. The lowest BCUT2D eigenvalue weighted by molar-refractivity contribution is 0.595. The lowest BCUT2D eigenvalue weighted by Gasteiger charge is -2.13. The Kier molecular flexibility index (Phi) is 3.84. The molecule has 0 spiro atoms. The molecule has 0 aliphatic heterocycles. The number of hydrogen-bond acceptors (Lipinski definition) is 4. The molecular formula is C13H13F2N3O2S. The lowest BCUT2D eigenvalue weighted by atomic mass is 10.2. The molecule has 21 heavy (non-hydrogen) atoms. The summed E-state index contributed by atoms with van der Waals surface area (Å²) in [5.74, 6) is -1.28. The van der Waals surface area contributed by atoms with Crippen molar-refractivity contribution in [3.05, 3.63) is 47.5 Å². The molecule has 0 amide bonds. The van der Waals surface area contributed by atoms with Crippen molar-refractivity contribution >= 4 is 27.1 Å². The summed E-state index contributed by atoms with van der Waals surface area (Å²) in [6.45, 7) is 1.43. The minimum absolute atomic E-state index is 0.115. The first-order valence-corrected chi connectivity index (χ1v) is 7.38. The average Bonchev–Trinajstić information content (AvgIpc) is 2.36. The van der Waals surface area contributed by atoms with Gasteiger partial charge in [-0.05, 0) is 30.7 Å². The van der Waals surface area contributed by atoms with Crippen LogP contribution in [0.3, 0.4) is 0 Å². The molecule has 0 bridgehead atoms. The molecule has 0 saturated heterocycles. The van der Waals surface area contributed by atoms with Crippen molar-refractivity contribution in [2.45, 2.75) is 11.8 Å². The number of hydrogen-bond donors (Lipinski definition) is 3. The molecule has 0 aliphatic carbocycles. The van der Waals surface area contributed by atoms with E-state index in [-0.39, 0.29) is 27.5 Å². The van der Waals surface area contributed by atoms with Gasteiger partial charge in [-0.25, -0.2) is 22.3 Å². The predicted octanol–water partition coefficient (Wildman–Crippen LogP) is 2.25. The monoisotopic (exact) mass is 313 g/mol. The van der Waals surface area contributed by atoms with Gasteiger partial charge in [0.25, 0.3) is 0 Å². The standard InChI is InChI=1S/C13H13F2N3O2S/c1-7-5-9(15)11(6-8(7)14)18-10-3-2-4-12(13(10)16)21(17,19)20/h2-6,18H,16H2,1H3,(H2,17,19,20). The summed E-state index contributed by atoms with van der Waals surface area (Å²) in [6.07, 6.45) is 0. The van der Waals surface area contributed by atoms with Crippen LogP contribution in [-0.4, -0.2) is 8.42 Å². The fraction of sp³-hybridized carbons (Fsp3) is 0.0769. The van der Waals surface area contributed by atoms with Crippen molar-refractivity contribution in [3.8, 4) is 0 Å². The second-order valence-electron chi connectivity index (χ2n) is 4.47. The van der Waals surface area contributed by atoms with Gasteiger partial charge in [0.05, 0.1) is 17.1 Å². The number of nitrogen functional groups attached to an aromatic ring is 1. The first-order valence-electron chi connectivity index (χ1n) is 5.84. The molecule has 8 heteroatoms. The van der Waals surface area contributed by atoms with Gasteiger partial charge in [0.1, 0.15) is 16.5 Å². The van der Waals surface area contributed by atoms with E-state index in [0.717, 1.165) is 12.1 Å². The van der Waals surface area contributed by atoms with Crippen LogP contribution >= 0.6 is 0 Å². The number of nitrogens with two attached hydrogens (primary N) is 2. The van der Waals surface area contributed by atoms with Crippen LogP contribution < -0.4 is 16.2 Å². The molecule has 2 rings (SSSR count). The molecule has 5 nitrogen and oxygen atoms in total. The Hall–Kier alpha value is -2.19. The number of para-hydroxylation sites is 1. The largest absolute Gasteiger partial charge is 0.396 e. The first-order chi connectivity index (χ1) is 9.70. The van der Waals surface area contributed by atoms with Crippen LogP contribution in [0.15, 0.2) is 35.2 Å². The van der Waals surface area contributed by atoms with E-state index in [1.165, 1.54) is 25.1 Å². The van der Waals surface area contributed by atoms with E-state index in [2.05, 4.69) is 5.32 Å². The van der Waals surface area contributed by atoms with E-state index < -0.39 is 21.7 Å². The molecule has 0 aliphatic rings. The van der Waals surface area contributed by atoms with E-state index in [0.29, 0.717) is 0 Å². The fourth-order valence-corrected chi connectivity index (χ4v) is 2.47. The lowest BCUT2D eigenvalue weighted by Crippen LogP contribution is -2.15. The topological polar surface area (TPSA) is 98.2 Å². The number of primary sulfonamides is 1. The Balaban J connectivity index is 2.49. The summed E-state index contributed by atoms with van der Waals surface area (Å²) in [7, 11) is -4.01. The van der Waals surface area contributed by atoms with Crippen molar-refractivity contribution in [1.29, 1.82) is 0 Å². The van der Waals surface area contributed by atoms with Gasteiger partial charge < -0.3 is 11.1 Å². The van der Waals surface area contributed by atoms with Crippen LogP contribution in [0.1, 0.15) is 5.56 Å². The van der Waals surface area contributed by atoms with Crippen molar-refractivity contribution in [2.24, 2.45) is 5.14 Å². The highest BCUT2D eigenvalue weighted by molar-refractivity contribution is 7.89. The van der Waals surface area contributed by atoms with Crippen molar-refractivity contribution < 1.29 is 17.2 Å². The number of aryl methyl sites for hydroxylation is 1. The molecule has 5 N–H and O–H groups in total. The molecule has 0 radical (unpaired) electrons. The second kappa shape index (κ2) is 5.30. The van der Waals surface area contributed by atoms with Crippen LogP contribution in [0.5, 0.6) is 0 Å². The maximum atomic E-state index is 13.8. The average molecular weight is 313 g/mol. The Morgan fingerprint density at radius 1 is 1.10 bits per heavy atom. The molecule has 0 saturated carbocycles. The summed E-state index contributed by atoms with van der Waals surface area (Å²) >= 11 is 0. The highest BCUT2D eigenvalue weighted by atomic mass is 32.2. The third-order valence-corrected chi connectivity index (χ3v) is 3.86. The number of benzene rings is 2. The maximum absolute atomic E-state index is 13.8. The molecule has 0 fully saturated rings. The first kappa shape index (κ1) is 15.2. The summed E-state index contributed by atoms with van der Waals surface area (Å²) in [5, 5.41) is 7.59. The number of rotatable bonds is 3. The normalized spacial score (nSPS) is 11.4. The third-order valence-electron chi connectivity index (χ3n) is 2.89. The minimum Gasteiger partial charge on any atom is -0.396 e. The molecule has 112 valence electrons. The van der Waals surface area contributed by atoms with Crippen LogP contribution in [0.2, 0.25) is 0 Å². The Morgan fingerprint density at radius 2 is 1.76 bits per heavy atom. The van der Waals surface area contributed by atoms with E-state index >= 15 is 0 Å².